The second-order valence-corrected chi connectivity index (χ2v) is 5.36. The Morgan fingerprint density at radius 1 is 1.19 bits per heavy atom. The zero-order valence-electron chi connectivity index (χ0n) is 12.7. The number of hydrogen-bond donors (Lipinski definition) is 4. The van der Waals surface area contributed by atoms with Crippen molar-refractivity contribution in [3.05, 3.63) is 29.3 Å². The number of nitrogens with one attached hydrogen (secondary N) is 1. The van der Waals surface area contributed by atoms with Crippen LogP contribution in [0.3, 0.4) is 0 Å². The van der Waals surface area contributed by atoms with Gasteiger partial charge in [-0.1, -0.05) is 13.0 Å². The zero-order chi connectivity index (χ0) is 15.8. The Kier molecular flexibility index (Phi) is 7.19. The highest BCUT2D eigenvalue weighted by atomic mass is 16.3. The fourth-order valence-electron chi connectivity index (χ4n) is 2.01. The first-order valence-corrected chi connectivity index (χ1v) is 7.38. The molecule has 21 heavy (non-hydrogen) atoms. The number of carbonyl (C=O) groups excluding carboxylic acids is 1. The predicted octanol–water partition coefficient (Wildman–Crippen LogP) is 1.73. The zero-order valence-corrected chi connectivity index (χ0v) is 12.7. The molecule has 0 spiro atoms. The second-order valence-electron chi connectivity index (χ2n) is 5.36. The second kappa shape index (κ2) is 8.64. The molecule has 0 aliphatic carbocycles. The van der Waals surface area contributed by atoms with Crippen LogP contribution in [0.1, 0.15) is 48.5 Å². The number of phenols is 1. The van der Waals surface area contributed by atoms with Gasteiger partial charge in [0.15, 0.2) is 0 Å². The number of aliphatic hydroxyl groups excluding tert-OH is 2. The molecule has 0 aliphatic rings. The van der Waals surface area contributed by atoms with E-state index in [0.29, 0.717) is 32.2 Å². The van der Waals surface area contributed by atoms with Crippen LogP contribution in [-0.2, 0) is 0 Å². The maximum atomic E-state index is 11.9. The summed E-state index contributed by atoms with van der Waals surface area (Å²) in [5, 5.41) is 31.5. The molecule has 1 aromatic carbocycles. The first-order valence-electron chi connectivity index (χ1n) is 7.38. The van der Waals surface area contributed by atoms with Gasteiger partial charge in [0.2, 0.25) is 0 Å². The Labute approximate surface area is 125 Å². The van der Waals surface area contributed by atoms with E-state index in [0.717, 1.165) is 5.56 Å². The number of aryl methyl sites for hydroxylation is 1. The van der Waals surface area contributed by atoms with Crippen molar-refractivity contribution in [1.29, 1.82) is 0 Å². The summed E-state index contributed by atoms with van der Waals surface area (Å²) in [4.78, 5) is 11.9. The molecule has 4 N–H and O–H groups in total. The van der Waals surface area contributed by atoms with Gasteiger partial charge in [-0.05, 0) is 50.3 Å². The third-order valence-electron chi connectivity index (χ3n) is 3.47. The molecule has 0 saturated heterocycles. The van der Waals surface area contributed by atoms with Crippen molar-refractivity contribution in [3.8, 4) is 5.75 Å². The molecule has 0 bridgehead atoms. The van der Waals surface area contributed by atoms with Crippen LogP contribution >= 0.6 is 0 Å². The molecular formula is C16H25NO4. The topological polar surface area (TPSA) is 89.8 Å². The Hall–Kier alpha value is -1.59. The highest BCUT2D eigenvalue weighted by Crippen LogP contribution is 2.18. The maximum Gasteiger partial charge on any atom is 0.255 e. The van der Waals surface area contributed by atoms with E-state index < -0.39 is 6.10 Å². The van der Waals surface area contributed by atoms with Gasteiger partial charge in [0.1, 0.15) is 5.75 Å². The summed E-state index contributed by atoms with van der Waals surface area (Å²) >= 11 is 0. The molecular weight excluding hydrogens is 270 g/mol. The molecule has 0 aromatic heterocycles. The number of benzene rings is 1. The Morgan fingerprint density at radius 3 is 2.48 bits per heavy atom. The molecule has 5 nitrogen and oxygen atoms in total. The fraction of sp³-hybridized carbons (Fsp3) is 0.562. The van der Waals surface area contributed by atoms with E-state index in [1.54, 1.807) is 12.1 Å². The average molecular weight is 295 g/mol. The molecule has 1 amide bonds. The molecule has 2 unspecified atom stereocenters. The van der Waals surface area contributed by atoms with Crippen molar-refractivity contribution in [2.75, 3.05) is 6.54 Å². The van der Waals surface area contributed by atoms with E-state index in [4.69, 9.17) is 0 Å². The van der Waals surface area contributed by atoms with Gasteiger partial charge in [0.05, 0.1) is 17.8 Å². The quantitative estimate of drug-likeness (QED) is 0.588. The van der Waals surface area contributed by atoms with E-state index in [1.165, 1.54) is 6.07 Å². The molecule has 1 aromatic rings. The summed E-state index contributed by atoms with van der Waals surface area (Å²) in [6, 6.07) is 4.87. The van der Waals surface area contributed by atoms with Crippen LogP contribution in [0.15, 0.2) is 18.2 Å². The summed E-state index contributed by atoms with van der Waals surface area (Å²) in [6.45, 7) is 4.06. The predicted molar refractivity (Wildman–Crippen MR) is 81.3 cm³/mol. The van der Waals surface area contributed by atoms with E-state index in [9.17, 15) is 20.1 Å². The van der Waals surface area contributed by atoms with Crippen molar-refractivity contribution < 1.29 is 20.1 Å². The van der Waals surface area contributed by atoms with E-state index in [-0.39, 0.29) is 23.3 Å². The molecule has 0 radical (unpaired) electrons. The highest BCUT2D eigenvalue weighted by Gasteiger charge is 2.12. The minimum absolute atomic E-state index is 0.0425. The van der Waals surface area contributed by atoms with Crippen molar-refractivity contribution in [1.82, 2.24) is 5.32 Å². The summed E-state index contributed by atoms with van der Waals surface area (Å²) in [6.07, 6.45) is 1.26. The monoisotopic (exact) mass is 295 g/mol. The SMILES string of the molecule is CCC(O)CCC(O)CCNC(=O)c1ccc(C)cc1O. The van der Waals surface area contributed by atoms with E-state index in [1.807, 2.05) is 13.8 Å². The van der Waals surface area contributed by atoms with Crippen LogP contribution in [0.25, 0.3) is 0 Å². The van der Waals surface area contributed by atoms with Crippen LogP contribution in [0.4, 0.5) is 0 Å². The van der Waals surface area contributed by atoms with E-state index in [2.05, 4.69) is 5.32 Å². The van der Waals surface area contributed by atoms with Crippen LogP contribution in [0.5, 0.6) is 5.75 Å². The largest absolute Gasteiger partial charge is 0.507 e. The summed E-state index contributed by atoms with van der Waals surface area (Å²) in [7, 11) is 0. The first-order chi connectivity index (χ1) is 9.93. The average Bonchev–Trinajstić information content (AvgIpc) is 2.44. The normalized spacial score (nSPS) is 13.7. The Balaban J connectivity index is 2.33. The number of hydrogen-bond acceptors (Lipinski definition) is 4. The molecule has 5 heteroatoms. The lowest BCUT2D eigenvalue weighted by Gasteiger charge is -2.13. The third kappa shape index (κ3) is 6.14. The molecule has 2 atom stereocenters. The number of aromatic hydroxyl groups is 1. The van der Waals surface area contributed by atoms with Crippen molar-refractivity contribution >= 4 is 5.91 Å². The number of amides is 1. The molecule has 0 fully saturated rings. The minimum Gasteiger partial charge on any atom is -0.507 e. The first kappa shape index (κ1) is 17.5. The number of carbonyl (C=O) groups is 1. The lowest BCUT2D eigenvalue weighted by atomic mass is 10.1. The third-order valence-corrected chi connectivity index (χ3v) is 3.47. The summed E-state index contributed by atoms with van der Waals surface area (Å²) in [5.41, 5.74) is 1.12. The molecule has 118 valence electrons. The van der Waals surface area contributed by atoms with Gasteiger partial charge in [-0.2, -0.15) is 0 Å². The molecule has 0 aliphatic heterocycles. The van der Waals surface area contributed by atoms with Crippen molar-refractivity contribution in [2.45, 2.75) is 51.7 Å². The van der Waals surface area contributed by atoms with Gasteiger partial charge in [-0.15, -0.1) is 0 Å². The number of rotatable bonds is 8. The summed E-state index contributed by atoms with van der Waals surface area (Å²) < 4.78 is 0. The maximum absolute atomic E-state index is 11.9. The smallest absolute Gasteiger partial charge is 0.255 e. The lowest BCUT2D eigenvalue weighted by molar-refractivity contribution is 0.0917. The van der Waals surface area contributed by atoms with Gasteiger partial charge < -0.3 is 20.6 Å². The van der Waals surface area contributed by atoms with Gasteiger partial charge in [-0.3, -0.25) is 4.79 Å². The summed E-state index contributed by atoms with van der Waals surface area (Å²) in [5.74, 6) is -0.396. The van der Waals surface area contributed by atoms with Crippen LogP contribution < -0.4 is 5.32 Å². The van der Waals surface area contributed by atoms with Gasteiger partial charge in [0.25, 0.3) is 5.91 Å². The Bertz CT molecular complexity index is 462. The molecule has 0 saturated carbocycles. The van der Waals surface area contributed by atoms with Gasteiger partial charge in [0, 0.05) is 6.54 Å². The number of aliphatic hydroxyl groups is 2. The number of phenolic OH excluding ortho intramolecular Hbond substituents is 1. The fourth-order valence-corrected chi connectivity index (χ4v) is 2.01. The minimum atomic E-state index is -0.543. The van der Waals surface area contributed by atoms with Gasteiger partial charge in [-0.25, -0.2) is 0 Å². The van der Waals surface area contributed by atoms with E-state index >= 15 is 0 Å². The molecule has 0 heterocycles. The van der Waals surface area contributed by atoms with Gasteiger partial charge >= 0.3 is 0 Å². The van der Waals surface area contributed by atoms with Crippen LogP contribution in [0, 0.1) is 6.92 Å². The Morgan fingerprint density at radius 2 is 1.86 bits per heavy atom. The highest BCUT2D eigenvalue weighted by molar-refractivity contribution is 5.96. The van der Waals surface area contributed by atoms with Crippen LogP contribution in [-0.4, -0.2) is 40.0 Å². The lowest BCUT2D eigenvalue weighted by Crippen LogP contribution is -2.27. The van der Waals surface area contributed by atoms with Crippen molar-refractivity contribution in [3.63, 3.8) is 0 Å². The standard InChI is InChI=1S/C16H25NO4/c1-3-12(18)5-6-13(19)8-9-17-16(21)14-7-4-11(2)10-15(14)20/h4,7,10,12-13,18-20H,3,5-6,8-9H2,1-2H3,(H,17,21). The molecule has 1 rings (SSSR count). The van der Waals surface area contributed by atoms with Crippen LogP contribution in [0.2, 0.25) is 0 Å². The van der Waals surface area contributed by atoms with Crippen molar-refractivity contribution in [2.24, 2.45) is 0 Å².